The maximum Gasteiger partial charge on any atom is 0.251 e. The summed E-state index contributed by atoms with van der Waals surface area (Å²) in [5.41, 5.74) is 0.474. The zero-order valence-electron chi connectivity index (χ0n) is 14.3. The van der Waals surface area contributed by atoms with Crippen LogP contribution in [0.1, 0.15) is 37.0 Å². The molecule has 6 nitrogen and oxygen atoms in total. The molecule has 0 aliphatic carbocycles. The van der Waals surface area contributed by atoms with Gasteiger partial charge in [0, 0.05) is 18.7 Å². The predicted molar refractivity (Wildman–Crippen MR) is 94.4 cm³/mol. The van der Waals surface area contributed by atoms with Gasteiger partial charge < -0.3 is 10.6 Å². The molecule has 0 saturated carbocycles. The van der Waals surface area contributed by atoms with Gasteiger partial charge in [0.25, 0.3) is 5.91 Å². The van der Waals surface area contributed by atoms with Gasteiger partial charge in [0.2, 0.25) is 10.0 Å². The summed E-state index contributed by atoms with van der Waals surface area (Å²) in [6, 6.07) is 6.05. The Balaban J connectivity index is 1.87. The van der Waals surface area contributed by atoms with Crippen LogP contribution in [-0.2, 0) is 10.0 Å². The zero-order chi connectivity index (χ0) is 17.6. The normalized spacial score (nSPS) is 18.0. The highest BCUT2D eigenvalue weighted by atomic mass is 32.2. The van der Waals surface area contributed by atoms with Gasteiger partial charge in [-0.25, -0.2) is 13.1 Å². The monoisotopic (exact) mass is 353 g/mol. The van der Waals surface area contributed by atoms with Crippen LogP contribution in [0.3, 0.4) is 0 Å². The van der Waals surface area contributed by atoms with Crippen molar-refractivity contribution in [2.45, 2.75) is 31.6 Å². The fourth-order valence-electron chi connectivity index (χ4n) is 2.60. The lowest BCUT2D eigenvalue weighted by atomic mass is 10.1. The third-order valence-electron chi connectivity index (χ3n) is 4.11. The molecule has 1 aromatic carbocycles. The Morgan fingerprint density at radius 3 is 2.58 bits per heavy atom. The minimum Gasteiger partial charge on any atom is -0.352 e. The summed E-state index contributed by atoms with van der Waals surface area (Å²) >= 11 is 0. The summed E-state index contributed by atoms with van der Waals surface area (Å²) in [5.74, 6) is 0.699. The van der Waals surface area contributed by atoms with Crippen molar-refractivity contribution in [1.82, 2.24) is 15.4 Å². The van der Waals surface area contributed by atoms with E-state index in [2.05, 4.69) is 15.4 Å². The highest BCUT2D eigenvalue weighted by Crippen LogP contribution is 2.12. The van der Waals surface area contributed by atoms with Gasteiger partial charge in [-0.05, 0) is 62.0 Å². The molecule has 0 aromatic heterocycles. The average Bonchev–Trinajstić information content (AvgIpc) is 3.06. The number of hydrogen-bond acceptors (Lipinski definition) is 4. The second-order valence-electron chi connectivity index (χ2n) is 6.67. The van der Waals surface area contributed by atoms with E-state index < -0.39 is 10.0 Å². The first-order valence-corrected chi connectivity index (χ1v) is 9.95. The molecular weight excluding hydrogens is 326 g/mol. The smallest absolute Gasteiger partial charge is 0.251 e. The molecule has 0 bridgehead atoms. The number of benzene rings is 1. The van der Waals surface area contributed by atoms with E-state index >= 15 is 0 Å². The van der Waals surface area contributed by atoms with Gasteiger partial charge in [0.15, 0.2) is 0 Å². The quantitative estimate of drug-likeness (QED) is 0.658. The van der Waals surface area contributed by atoms with Crippen molar-refractivity contribution in [2.24, 2.45) is 11.8 Å². The zero-order valence-corrected chi connectivity index (χ0v) is 15.2. The van der Waals surface area contributed by atoms with Crippen molar-refractivity contribution in [3.05, 3.63) is 29.8 Å². The number of sulfonamides is 1. The van der Waals surface area contributed by atoms with Crippen LogP contribution in [0.4, 0.5) is 0 Å². The van der Waals surface area contributed by atoms with E-state index in [1.165, 1.54) is 12.1 Å². The molecule has 24 heavy (non-hydrogen) atoms. The molecule has 1 saturated heterocycles. The topological polar surface area (TPSA) is 87.3 Å². The average molecular weight is 353 g/mol. The van der Waals surface area contributed by atoms with Crippen LogP contribution in [0.2, 0.25) is 0 Å². The van der Waals surface area contributed by atoms with Crippen LogP contribution >= 0.6 is 0 Å². The Kier molecular flexibility index (Phi) is 6.77. The van der Waals surface area contributed by atoms with Gasteiger partial charge in [-0.2, -0.15) is 0 Å². The molecule has 134 valence electrons. The fraction of sp³-hybridized carbons (Fsp3) is 0.588. The second kappa shape index (κ2) is 8.60. The van der Waals surface area contributed by atoms with Gasteiger partial charge in [-0.1, -0.05) is 13.8 Å². The Morgan fingerprint density at radius 1 is 1.29 bits per heavy atom. The summed E-state index contributed by atoms with van der Waals surface area (Å²) in [5, 5.41) is 6.20. The Morgan fingerprint density at radius 2 is 2.00 bits per heavy atom. The van der Waals surface area contributed by atoms with Crippen LogP contribution in [-0.4, -0.2) is 40.5 Å². The summed E-state index contributed by atoms with van der Waals surface area (Å²) in [4.78, 5) is 12.3. The van der Waals surface area contributed by atoms with Crippen LogP contribution in [0.5, 0.6) is 0 Å². The molecule has 1 aliphatic rings. The largest absolute Gasteiger partial charge is 0.352 e. The van der Waals surface area contributed by atoms with Crippen LogP contribution in [0.25, 0.3) is 0 Å². The molecule has 7 heteroatoms. The van der Waals surface area contributed by atoms with Gasteiger partial charge >= 0.3 is 0 Å². The minimum atomic E-state index is -3.51. The van der Waals surface area contributed by atoms with Crippen molar-refractivity contribution in [1.29, 1.82) is 0 Å². The number of nitrogens with one attached hydrogen (secondary N) is 3. The van der Waals surface area contributed by atoms with E-state index in [9.17, 15) is 13.2 Å². The second-order valence-corrected chi connectivity index (χ2v) is 8.44. The number of rotatable bonds is 8. The number of amides is 1. The third kappa shape index (κ3) is 5.58. The first kappa shape index (κ1) is 18.9. The molecule has 2 rings (SSSR count). The van der Waals surface area contributed by atoms with Crippen LogP contribution in [0, 0.1) is 11.8 Å². The highest BCUT2D eigenvalue weighted by molar-refractivity contribution is 7.89. The lowest BCUT2D eigenvalue weighted by Gasteiger charge is -2.11. The van der Waals surface area contributed by atoms with Crippen molar-refractivity contribution in [3.8, 4) is 0 Å². The van der Waals surface area contributed by atoms with Crippen molar-refractivity contribution in [3.63, 3.8) is 0 Å². The van der Waals surface area contributed by atoms with Gasteiger partial charge in [0.1, 0.15) is 0 Å². The van der Waals surface area contributed by atoms with Crippen LogP contribution < -0.4 is 15.4 Å². The van der Waals surface area contributed by atoms with Gasteiger partial charge in [-0.15, -0.1) is 0 Å². The fourth-order valence-corrected chi connectivity index (χ4v) is 3.81. The first-order chi connectivity index (χ1) is 11.4. The predicted octanol–water partition coefficient (Wildman–Crippen LogP) is 1.35. The minimum absolute atomic E-state index is 0.167. The molecule has 1 atom stereocenters. The highest BCUT2D eigenvalue weighted by Gasteiger charge is 2.16. The molecule has 1 amide bonds. The lowest BCUT2D eigenvalue weighted by molar-refractivity contribution is 0.0951. The molecule has 1 aromatic rings. The third-order valence-corrected chi connectivity index (χ3v) is 5.55. The Labute approximate surface area is 144 Å². The summed E-state index contributed by atoms with van der Waals surface area (Å²) < 4.78 is 26.8. The molecule has 3 N–H and O–H groups in total. The summed E-state index contributed by atoms with van der Waals surface area (Å²) in [6.45, 7) is 6.99. The molecule has 1 unspecified atom stereocenters. The Hall–Kier alpha value is -1.44. The van der Waals surface area contributed by atoms with E-state index in [-0.39, 0.29) is 16.7 Å². The molecule has 0 radical (unpaired) electrons. The lowest BCUT2D eigenvalue weighted by Crippen LogP contribution is -2.28. The Bertz CT molecular complexity index is 636. The maximum absolute atomic E-state index is 12.1. The maximum atomic E-state index is 12.1. The van der Waals surface area contributed by atoms with Crippen molar-refractivity contribution >= 4 is 15.9 Å². The van der Waals surface area contributed by atoms with Gasteiger partial charge in [0.05, 0.1) is 4.90 Å². The SMILES string of the molecule is CC(C)CNS(=O)(=O)c1ccc(C(=O)NCCC2CCNC2)cc1. The standard InChI is InChI=1S/C17H27N3O3S/c1-13(2)11-20-24(22,23)16-5-3-15(4-6-16)17(21)19-10-8-14-7-9-18-12-14/h3-6,13-14,18,20H,7-12H2,1-2H3,(H,19,21). The molecule has 0 spiro atoms. The number of carbonyl (C=O) groups excluding carboxylic acids is 1. The van der Waals surface area contributed by atoms with E-state index in [1.54, 1.807) is 12.1 Å². The molecule has 1 heterocycles. The molecule has 1 fully saturated rings. The molecular formula is C17H27N3O3S. The van der Waals surface area contributed by atoms with Crippen molar-refractivity contribution < 1.29 is 13.2 Å². The van der Waals surface area contributed by atoms with E-state index in [0.717, 1.165) is 25.9 Å². The van der Waals surface area contributed by atoms with Crippen LogP contribution in [0.15, 0.2) is 29.2 Å². The number of carbonyl (C=O) groups is 1. The van der Waals surface area contributed by atoms with E-state index in [1.807, 2.05) is 13.8 Å². The van der Waals surface area contributed by atoms with Crippen molar-refractivity contribution in [2.75, 3.05) is 26.2 Å². The van der Waals surface area contributed by atoms with E-state index in [0.29, 0.717) is 24.6 Å². The summed E-state index contributed by atoms with van der Waals surface area (Å²) in [7, 11) is -3.51. The van der Waals surface area contributed by atoms with Gasteiger partial charge in [-0.3, -0.25) is 4.79 Å². The van der Waals surface area contributed by atoms with E-state index in [4.69, 9.17) is 0 Å². The summed E-state index contributed by atoms with van der Waals surface area (Å²) in [6.07, 6.45) is 2.12. The first-order valence-electron chi connectivity index (χ1n) is 8.47. The molecule has 1 aliphatic heterocycles. The number of hydrogen-bond donors (Lipinski definition) is 3.